The molecule has 0 saturated carbocycles. The molecule has 0 nitrogen and oxygen atoms in total. The fraction of sp³-hybridized carbons (Fsp3) is 0.351. The molecule has 37 heavy (non-hydrogen) atoms. The Bertz CT molecular complexity index is 1350. The highest BCUT2D eigenvalue weighted by Crippen LogP contribution is 2.57. The van der Waals surface area contributed by atoms with E-state index in [0.717, 1.165) is 12.8 Å². The summed E-state index contributed by atoms with van der Waals surface area (Å²) >= 11 is 0. The second-order valence-electron chi connectivity index (χ2n) is 11.6. The third-order valence-corrected chi connectivity index (χ3v) is 9.14. The molecule has 0 aromatic heterocycles. The van der Waals surface area contributed by atoms with Crippen molar-refractivity contribution in [3.63, 3.8) is 0 Å². The Morgan fingerprint density at radius 1 is 0.541 bits per heavy atom. The van der Waals surface area contributed by atoms with Gasteiger partial charge in [-0.2, -0.15) is 0 Å². The SMILES string of the molecule is CCC(C)c1ccc(C2(c3ccc(C(C)CC)c(C)c3)c3cc(C)ccc3-c3ccc(C)cc32)cc1C. The first-order chi connectivity index (χ1) is 17.7. The zero-order chi connectivity index (χ0) is 26.5. The Kier molecular flexibility index (Phi) is 6.65. The van der Waals surface area contributed by atoms with Crippen molar-refractivity contribution in [2.75, 3.05) is 0 Å². The van der Waals surface area contributed by atoms with Gasteiger partial charge in [-0.1, -0.05) is 112 Å². The minimum absolute atomic E-state index is 0.333. The van der Waals surface area contributed by atoms with Crippen molar-refractivity contribution in [1.82, 2.24) is 0 Å². The Balaban J connectivity index is 1.90. The molecule has 0 heteroatoms. The molecular formula is C37H42. The van der Waals surface area contributed by atoms with Crippen molar-refractivity contribution in [3.8, 4) is 11.1 Å². The van der Waals surface area contributed by atoms with Gasteiger partial charge in [-0.05, 0) is 108 Å². The van der Waals surface area contributed by atoms with Gasteiger partial charge in [0.1, 0.15) is 0 Å². The van der Waals surface area contributed by atoms with Crippen molar-refractivity contribution in [3.05, 3.63) is 128 Å². The van der Waals surface area contributed by atoms with Crippen LogP contribution in [-0.2, 0) is 5.41 Å². The van der Waals surface area contributed by atoms with Gasteiger partial charge in [-0.15, -0.1) is 0 Å². The fourth-order valence-electron chi connectivity index (χ4n) is 6.70. The van der Waals surface area contributed by atoms with E-state index in [1.807, 2.05) is 0 Å². The second-order valence-corrected chi connectivity index (χ2v) is 11.6. The number of hydrogen-bond acceptors (Lipinski definition) is 0. The summed E-state index contributed by atoms with van der Waals surface area (Å²) < 4.78 is 0. The summed E-state index contributed by atoms with van der Waals surface area (Å²) in [5, 5.41) is 0. The van der Waals surface area contributed by atoms with Crippen molar-refractivity contribution in [1.29, 1.82) is 0 Å². The average Bonchev–Trinajstić information content (AvgIpc) is 3.16. The maximum absolute atomic E-state index is 2.49. The third kappa shape index (κ3) is 3.97. The fourth-order valence-corrected chi connectivity index (χ4v) is 6.70. The summed E-state index contributed by atoms with van der Waals surface area (Å²) in [4.78, 5) is 0. The molecule has 0 heterocycles. The molecular weight excluding hydrogens is 444 g/mol. The van der Waals surface area contributed by atoms with Gasteiger partial charge in [-0.3, -0.25) is 0 Å². The van der Waals surface area contributed by atoms with E-state index in [0.29, 0.717) is 11.8 Å². The minimum atomic E-state index is -0.333. The third-order valence-electron chi connectivity index (χ3n) is 9.14. The molecule has 4 aromatic rings. The zero-order valence-electron chi connectivity index (χ0n) is 24.0. The Hall–Kier alpha value is -3.12. The summed E-state index contributed by atoms with van der Waals surface area (Å²) in [6, 6.07) is 28.8. The van der Waals surface area contributed by atoms with E-state index in [2.05, 4.69) is 128 Å². The summed E-state index contributed by atoms with van der Waals surface area (Å²) in [6.07, 6.45) is 2.32. The van der Waals surface area contributed by atoms with E-state index in [9.17, 15) is 0 Å². The van der Waals surface area contributed by atoms with Gasteiger partial charge in [0.2, 0.25) is 0 Å². The lowest BCUT2D eigenvalue weighted by atomic mass is 9.66. The summed E-state index contributed by atoms with van der Waals surface area (Å²) in [6.45, 7) is 18.3. The normalized spacial score (nSPS) is 15.2. The first-order valence-electron chi connectivity index (χ1n) is 14.2. The summed E-state index contributed by atoms with van der Waals surface area (Å²) in [7, 11) is 0. The van der Waals surface area contributed by atoms with Crippen LogP contribution in [0.4, 0.5) is 0 Å². The maximum atomic E-state index is 2.49. The topological polar surface area (TPSA) is 0 Å². The van der Waals surface area contributed by atoms with Crippen LogP contribution in [0.5, 0.6) is 0 Å². The second kappa shape index (κ2) is 9.64. The lowest BCUT2D eigenvalue weighted by molar-refractivity contribution is 0.716. The Morgan fingerprint density at radius 2 is 0.946 bits per heavy atom. The van der Waals surface area contributed by atoms with Crippen LogP contribution in [0.3, 0.4) is 0 Å². The van der Waals surface area contributed by atoms with Crippen LogP contribution < -0.4 is 0 Å². The molecule has 0 radical (unpaired) electrons. The summed E-state index contributed by atoms with van der Waals surface area (Å²) in [5.41, 5.74) is 16.4. The van der Waals surface area contributed by atoms with E-state index < -0.39 is 0 Å². The van der Waals surface area contributed by atoms with Gasteiger partial charge >= 0.3 is 0 Å². The van der Waals surface area contributed by atoms with Gasteiger partial charge in [-0.25, -0.2) is 0 Å². The zero-order valence-corrected chi connectivity index (χ0v) is 24.0. The molecule has 2 atom stereocenters. The first-order valence-corrected chi connectivity index (χ1v) is 14.2. The van der Waals surface area contributed by atoms with Crippen LogP contribution in [0.2, 0.25) is 0 Å². The van der Waals surface area contributed by atoms with E-state index in [1.165, 1.54) is 66.8 Å². The molecule has 0 saturated heterocycles. The van der Waals surface area contributed by atoms with Crippen LogP contribution in [0.25, 0.3) is 11.1 Å². The molecule has 1 aliphatic rings. The van der Waals surface area contributed by atoms with E-state index in [1.54, 1.807) is 0 Å². The van der Waals surface area contributed by atoms with Gasteiger partial charge in [0, 0.05) is 0 Å². The van der Waals surface area contributed by atoms with Gasteiger partial charge < -0.3 is 0 Å². The summed E-state index contributed by atoms with van der Waals surface area (Å²) in [5.74, 6) is 1.13. The molecule has 5 rings (SSSR count). The molecule has 0 bridgehead atoms. The van der Waals surface area contributed by atoms with E-state index >= 15 is 0 Å². The van der Waals surface area contributed by atoms with Crippen LogP contribution in [0.1, 0.15) is 108 Å². The van der Waals surface area contributed by atoms with Gasteiger partial charge in [0.15, 0.2) is 0 Å². The monoisotopic (exact) mass is 486 g/mol. The Labute approximate surface area is 224 Å². The minimum Gasteiger partial charge on any atom is -0.0648 e. The largest absolute Gasteiger partial charge is 0.0713 e. The van der Waals surface area contributed by atoms with Crippen LogP contribution in [0, 0.1) is 27.7 Å². The molecule has 4 aromatic carbocycles. The molecule has 0 spiro atoms. The van der Waals surface area contributed by atoms with Crippen LogP contribution in [0.15, 0.2) is 72.8 Å². The van der Waals surface area contributed by atoms with Crippen molar-refractivity contribution in [2.24, 2.45) is 0 Å². The van der Waals surface area contributed by atoms with E-state index in [-0.39, 0.29) is 5.41 Å². The highest BCUT2D eigenvalue weighted by Gasteiger charge is 2.46. The molecule has 0 fully saturated rings. The van der Waals surface area contributed by atoms with Gasteiger partial charge in [0.05, 0.1) is 5.41 Å². The lowest BCUT2D eigenvalue weighted by Crippen LogP contribution is -2.29. The standard InChI is InChI=1S/C37H42/c1-9-25(5)31-17-13-29(21-27(31)7)37(30-14-18-32(26(6)10-2)28(8)22-30)35-19-23(3)11-15-33(35)34-16-12-24(4)20-36(34)37/h11-22,25-26H,9-10H2,1-8H3. The predicted octanol–water partition coefficient (Wildman–Crippen LogP) is 10.3. The number of aryl methyl sites for hydroxylation is 4. The molecule has 1 aliphatic carbocycles. The molecule has 2 unspecified atom stereocenters. The highest BCUT2D eigenvalue weighted by atomic mass is 14.5. The predicted molar refractivity (Wildman–Crippen MR) is 160 cm³/mol. The quantitative estimate of drug-likeness (QED) is 0.224. The molecule has 0 amide bonds. The molecule has 0 aliphatic heterocycles. The van der Waals surface area contributed by atoms with Crippen LogP contribution in [-0.4, -0.2) is 0 Å². The molecule has 190 valence electrons. The maximum Gasteiger partial charge on any atom is 0.0713 e. The number of hydrogen-bond donors (Lipinski definition) is 0. The van der Waals surface area contributed by atoms with Crippen molar-refractivity contribution >= 4 is 0 Å². The van der Waals surface area contributed by atoms with Crippen molar-refractivity contribution in [2.45, 2.75) is 85.5 Å². The Morgan fingerprint density at radius 3 is 1.30 bits per heavy atom. The smallest absolute Gasteiger partial charge is 0.0648 e. The highest BCUT2D eigenvalue weighted by molar-refractivity contribution is 5.87. The number of benzene rings is 4. The van der Waals surface area contributed by atoms with Crippen molar-refractivity contribution < 1.29 is 0 Å². The molecule has 0 N–H and O–H groups in total. The number of fused-ring (bicyclic) bond motifs is 3. The number of rotatable bonds is 6. The van der Waals surface area contributed by atoms with Gasteiger partial charge in [0.25, 0.3) is 0 Å². The lowest BCUT2D eigenvalue weighted by Gasteiger charge is -2.35. The van der Waals surface area contributed by atoms with E-state index in [4.69, 9.17) is 0 Å². The van der Waals surface area contributed by atoms with Crippen LogP contribution >= 0.6 is 0 Å². The average molecular weight is 487 g/mol. The first kappa shape index (κ1) is 25.5.